The number of halogens is 2. The normalized spacial score (nSPS) is 21.2. The molecule has 2 atom stereocenters. The van der Waals surface area contributed by atoms with Crippen molar-refractivity contribution in [3.05, 3.63) is 70.3 Å². The van der Waals surface area contributed by atoms with E-state index in [1.807, 2.05) is 6.07 Å². The number of carboxylic acid groups (broad SMARTS) is 1. The van der Waals surface area contributed by atoms with Crippen molar-refractivity contribution >= 4 is 11.9 Å². The van der Waals surface area contributed by atoms with E-state index in [1.165, 1.54) is 6.07 Å². The number of carboxylic acids is 1. The largest absolute Gasteiger partial charge is 0.478 e. The fraction of sp³-hybridized carbons (Fsp3) is 0.300. The van der Waals surface area contributed by atoms with Gasteiger partial charge in [-0.2, -0.15) is 0 Å². The van der Waals surface area contributed by atoms with Crippen LogP contribution in [0.4, 0.5) is 8.78 Å². The van der Waals surface area contributed by atoms with E-state index in [1.54, 1.807) is 17.0 Å². The van der Waals surface area contributed by atoms with Crippen LogP contribution < -0.4 is 0 Å². The Kier molecular flexibility index (Phi) is 3.98. The second kappa shape index (κ2) is 6.20. The van der Waals surface area contributed by atoms with Crippen LogP contribution in [0.15, 0.2) is 36.4 Å². The number of rotatable bonds is 3. The van der Waals surface area contributed by atoms with Gasteiger partial charge in [-0.25, -0.2) is 13.6 Å². The van der Waals surface area contributed by atoms with Crippen molar-refractivity contribution in [3.63, 3.8) is 0 Å². The fourth-order valence-electron chi connectivity index (χ4n) is 3.81. The SMILES string of the molecule is O=C(O)c1cccc2c1CCN(C(=O)C1CC1c1ccc(F)c(F)c1)C2. The fourth-order valence-corrected chi connectivity index (χ4v) is 3.81. The van der Waals surface area contributed by atoms with Gasteiger partial charge in [0.25, 0.3) is 0 Å². The van der Waals surface area contributed by atoms with Gasteiger partial charge >= 0.3 is 5.97 Å². The van der Waals surface area contributed by atoms with Gasteiger partial charge in [0.1, 0.15) is 0 Å². The van der Waals surface area contributed by atoms with Crippen molar-refractivity contribution in [2.24, 2.45) is 5.92 Å². The molecule has 1 fully saturated rings. The number of amides is 1. The molecule has 1 amide bonds. The summed E-state index contributed by atoms with van der Waals surface area (Å²) in [7, 11) is 0. The van der Waals surface area contributed by atoms with Crippen LogP contribution in [0.25, 0.3) is 0 Å². The zero-order valence-electron chi connectivity index (χ0n) is 13.9. The summed E-state index contributed by atoms with van der Waals surface area (Å²) in [6, 6.07) is 8.91. The van der Waals surface area contributed by atoms with Crippen LogP contribution in [0.2, 0.25) is 0 Å². The van der Waals surface area contributed by atoms with E-state index in [9.17, 15) is 23.5 Å². The Bertz CT molecular complexity index is 912. The van der Waals surface area contributed by atoms with E-state index in [4.69, 9.17) is 0 Å². The quantitative estimate of drug-likeness (QED) is 0.917. The summed E-state index contributed by atoms with van der Waals surface area (Å²) < 4.78 is 26.5. The summed E-state index contributed by atoms with van der Waals surface area (Å²) >= 11 is 0. The van der Waals surface area contributed by atoms with Gasteiger partial charge in [-0.15, -0.1) is 0 Å². The molecule has 2 aromatic rings. The van der Waals surface area contributed by atoms with Crippen LogP contribution >= 0.6 is 0 Å². The Morgan fingerprint density at radius 1 is 1.12 bits per heavy atom. The Labute approximate surface area is 149 Å². The maximum Gasteiger partial charge on any atom is 0.335 e. The third kappa shape index (κ3) is 2.85. The highest BCUT2D eigenvalue weighted by molar-refractivity contribution is 5.90. The third-order valence-electron chi connectivity index (χ3n) is 5.29. The van der Waals surface area contributed by atoms with E-state index in [2.05, 4.69) is 0 Å². The first-order valence-corrected chi connectivity index (χ1v) is 8.53. The molecule has 1 N–H and O–H groups in total. The summed E-state index contributed by atoms with van der Waals surface area (Å²) in [5.74, 6) is -3.05. The standard InChI is InChI=1S/C20H17F2NO3/c21-17-5-4-11(8-18(17)22)15-9-16(15)19(24)23-7-6-13-12(10-23)2-1-3-14(13)20(25)26/h1-5,8,15-16H,6-7,9-10H2,(H,25,26). The molecule has 1 aliphatic heterocycles. The lowest BCUT2D eigenvalue weighted by molar-refractivity contribution is -0.133. The van der Waals surface area contributed by atoms with E-state index in [0.717, 1.165) is 23.3 Å². The van der Waals surface area contributed by atoms with Crippen molar-refractivity contribution in [2.75, 3.05) is 6.54 Å². The molecule has 6 heteroatoms. The Morgan fingerprint density at radius 3 is 2.65 bits per heavy atom. The molecule has 2 unspecified atom stereocenters. The average molecular weight is 357 g/mol. The first-order valence-electron chi connectivity index (χ1n) is 8.53. The molecule has 0 spiro atoms. The average Bonchev–Trinajstić information content (AvgIpc) is 3.43. The lowest BCUT2D eigenvalue weighted by Gasteiger charge is -2.30. The minimum Gasteiger partial charge on any atom is -0.478 e. The summed E-state index contributed by atoms with van der Waals surface area (Å²) in [4.78, 5) is 25.8. The van der Waals surface area contributed by atoms with Crippen molar-refractivity contribution in [1.29, 1.82) is 0 Å². The molecule has 4 nitrogen and oxygen atoms in total. The number of hydrogen-bond acceptors (Lipinski definition) is 2. The van der Waals surface area contributed by atoms with E-state index >= 15 is 0 Å². The van der Waals surface area contributed by atoms with Crippen LogP contribution in [0.5, 0.6) is 0 Å². The van der Waals surface area contributed by atoms with Crippen molar-refractivity contribution in [3.8, 4) is 0 Å². The molecule has 0 radical (unpaired) electrons. The number of carbonyl (C=O) groups is 2. The van der Waals surface area contributed by atoms with Gasteiger partial charge in [-0.3, -0.25) is 4.79 Å². The highest BCUT2D eigenvalue weighted by Gasteiger charge is 2.46. The zero-order chi connectivity index (χ0) is 18.4. The van der Waals surface area contributed by atoms with Crippen molar-refractivity contribution < 1.29 is 23.5 Å². The lowest BCUT2D eigenvalue weighted by Crippen LogP contribution is -2.37. The van der Waals surface area contributed by atoms with Crippen LogP contribution in [-0.2, 0) is 17.8 Å². The molecular weight excluding hydrogens is 340 g/mol. The first-order chi connectivity index (χ1) is 12.5. The van der Waals surface area contributed by atoms with Gasteiger partial charge in [0.05, 0.1) is 5.56 Å². The minimum absolute atomic E-state index is 0.00823. The van der Waals surface area contributed by atoms with Gasteiger partial charge in [-0.1, -0.05) is 18.2 Å². The smallest absolute Gasteiger partial charge is 0.335 e. The number of nitrogens with zero attached hydrogens (tertiary/aromatic N) is 1. The number of aromatic carboxylic acids is 1. The predicted molar refractivity (Wildman–Crippen MR) is 89.7 cm³/mol. The highest BCUT2D eigenvalue weighted by atomic mass is 19.2. The predicted octanol–water partition coefficient (Wildman–Crippen LogP) is 3.35. The van der Waals surface area contributed by atoms with E-state index in [0.29, 0.717) is 37.1 Å². The second-order valence-corrected chi connectivity index (χ2v) is 6.88. The minimum atomic E-state index is -0.956. The molecule has 1 aliphatic carbocycles. The van der Waals surface area contributed by atoms with Gasteiger partial charge in [-0.05, 0) is 53.6 Å². The van der Waals surface area contributed by atoms with Crippen LogP contribution in [0, 0.1) is 17.6 Å². The summed E-state index contributed by atoms with van der Waals surface area (Å²) in [5.41, 5.74) is 2.58. The molecule has 134 valence electrons. The molecular formula is C20H17F2NO3. The number of carbonyl (C=O) groups excluding carboxylic acids is 1. The van der Waals surface area contributed by atoms with Gasteiger partial charge in [0, 0.05) is 19.0 Å². The van der Waals surface area contributed by atoms with Gasteiger partial charge in [0.15, 0.2) is 11.6 Å². The van der Waals surface area contributed by atoms with Gasteiger partial charge < -0.3 is 10.0 Å². The molecule has 1 heterocycles. The van der Waals surface area contributed by atoms with Gasteiger partial charge in [0.2, 0.25) is 5.91 Å². The Hall–Kier alpha value is -2.76. The second-order valence-electron chi connectivity index (χ2n) is 6.88. The van der Waals surface area contributed by atoms with Crippen molar-refractivity contribution in [2.45, 2.75) is 25.3 Å². The maximum atomic E-state index is 13.4. The summed E-state index contributed by atoms with van der Waals surface area (Å²) in [6.07, 6.45) is 1.13. The van der Waals surface area contributed by atoms with Crippen LogP contribution in [0.1, 0.15) is 39.4 Å². The first kappa shape index (κ1) is 16.7. The molecule has 0 saturated heterocycles. The number of fused-ring (bicyclic) bond motifs is 1. The molecule has 2 aromatic carbocycles. The number of benzene rings is 2. The van der Waals surface area contributed by atoms with Crippen LogP contribution in [0.3, 0.4) is 0 Å². The molecule has 4 rings (SSSR count). The Morgan fingerprint density at radius 2 is 1.92 bits per heavy atom. The summed E-state index contributed by atoms with van der Waals surface area (Å²) in [5, 5.41) is 9.28. The molecule has 2 aliphatic rings. The van der Waals surface area contributed by atoms with Crippen LogP contribution in [-0.4, -0.2) is 28.4 Å². The maximum absolute atomic E-state index is 13.4. The monoisotopic (exact) mass is 357 g/mol. The lowest BCUT2D eigenvalue weighted by atomic mass is 9.94. The topological polar surface area (TPSA) is 57.6 Å². The molecule has 0 bridgehead atoms. The summed E-state index contributed by atoms with van der Waals surface area (Å²) in [6.45, 7) is 0.855. The molecule has 1 saturated carbocycles. The Balaban J connectivity index is 1.48. The molecule has 26 heavy (non-hydrogen) atoms. The zero-order valence-corrected chi connectivity index (χ0v) is 13.9. The highest BCUT2D eigenvalue weighted by Crippen LogP contribution is 2.49. The van der Waals surface area contributed by atoms with Crippen molar-refractivity contribution in [1.82, 2.24) is 4.90 Å². The molecule has 0 aromatic heterocycles. The van der Waals surface area contributed by atoms with E-state index in [-0.39, 0.29) is 17.7 Å². The van der Waals surface area contributed by atoms with E-state index < -0.39 is 17.6 Å². The third-order valence-corrected chi connectivity index (χ3v) is 5.29. The number of hydrogen-bond donors (Lipinski definition) is 1.